The maximum absolute atomic E-state index is 13.0. The average Bonchev–Trinajstić information content (AvgIpc) is 2.37. The molecule has 2 rings (SSSR count). The molecule has 1 aromatic heterocycles. The number of halogens is 1. The Labute approximate surface area is 104 Å². The van der Waals surface area contributed by atoms with Crippen molar-refractivity contribution >= 4 is 16.9 Å². The van der Waals surface area contributed by atoms with E-state index in [2.05, 4.69) is 29.1 Å². The first kappa shape index (κ1) is 12.5. The zero-order valence-electron chi connectivity index (χ0n) is 10.5. The Morgan fingerprint density at radius 1 is 1.39 bits per heavy atom. The highest BCUT2D eigenvalue weighted by Crippen LogP contribution is 2.12. The van der Waals surface area contributed by atoms with E-state index in [4.69, 9.17) is 0 Å². The molecule has 2 N–H and O–H groups in total. The summed E-state index contributed by atoms with van der Waals surface area (Å²) in [5, 5.41) is 3.43. The van der Waals surface area contributed by atoms with Crippen molar-refractivity contribution in [1.29, 1.82) is 0 Å². The molecule has 0 saturated carbocycles. The second-order valence-corrected chi connectivity index (χ2v) is 4.23. The van der Waals surface area contributed by atoms with Gasteiger partial charge in [0.1, 0.15) is 5.82 Å². The summed E-state index contributed by atoms with van der Waals surface area (Å²) in [4.78, 5) is 18.7. The Morgan fingerprint density at radius 2 is 2.11 bits per heavy atom. The van der Waals surface area contributed by atoms with E-state index in [-0.39, 0.29) is 17.0 Å². The summed E-state index contributed by atoms with van der Waals surface area (Å²) in [6.07, 6.45) is 1.89. The van der Waals surface area contributed by atoms with Crippen molar-refractivity contribution in [2.24, 2.45) is 0 Å². The van der Waals surface area contributed by atoms with Crippen LogP contribution in [0.2, 0.25) is 0 Å². The first-order valence-electron chi connectivity index (χ1n) is 6.10. The van der Waals surface area contributed by atoms with Gasteiger partial charge in [0.05, 0.1) is 10.9 Å². The van der Waals surface area contributed by atoms with Crippen LogP contribution >= 0.6 is 0 Å². The third kappa shape index (κ3) is 2.50. The highest BCUT2D eigenvalue weighted by molar-refractivity contribution is 5.78. The van der Waals surface area contributed by atoms with Crippen LogP contribution in [-0.4, -0.2) is 16.0 Å². The molecule has 4 nitrogen and oxygen atoms in total. The van der Waals surface area contributed by atoms with Gasteiger partial charge in [-0.3, -0.25) is 9.78 Å². The second-order valence-electron chi connectivity index (χ2n) is 4.23. The van der Waals surface area contributed by atoms with Gasteiger partial charge in [-0.05, 0) is 31.0 Å². The largest absolute Gasteiger partial charge is 0.353 e. The van der Waals surface area contributed by atoms with Gasteiger partial charge < -0.3 is 5.32 Å². The molecular weight excluding hydrogens is 233 g/mol. The average molecular weight is 249 g/mol. The molecule has 2 aromatic rings. The number of rotatable bonds is 4. The van der Waals surface area contributed by atoms with Gasteiger partial charge in [0.25, 0.3) is 5.56 Å². The van der Waals surface area contributed by atoms with Crippen LogP contribution in [0.1, 0.15) is 26.7 Å². The monoisotopic (exact) mass is 249 g/mol. The van der Waals surface area contributed by atoms with Gasteiger partial charge in [0.15, 0.2) is 0 Å². The second kappa shape index (κ2) is 5.16. The van der Waals surface area contributed by atoms with E-state index in [9.17, 15) is 9.18 Å². The van der Waals surface area contributed by atoms with E-state index in [1.54, 1.807) is 0 Å². The van der Waals surface area contributed by atoms with Crippen molar-refractivity contribution in [1.82, 2.24) is 9.97 Å². The lowest BCUT2D eigenvalue weighted by Crippen LogP contribution is -2.21. The number of hydrogen-bond acceptors (Lipinski definition) is 3. The summed E-state index contributed by atoms with van der Waals surface area (Å²) in [7, 11) is 0. The zero-order valence-corrected chi connectivity index (χ0v) is 10.5. The Balaban J connectivity index is 2.43. The number of fused-ring (bicyclic) bond motifs is 1. The minimum absolute atomic E-state index is 0.269. The first-order valence-corrected chi connectivity index (χ1v) is 6.10. The van der Waals surface area contributed by atoms with Crippen molar-refractivity contribution in [3.63, 3.8) is 0 Å². The first-order chi connectivity index (χ1) is 8.63. The number of nitrogens with one attached hydrogen (secondary N) is 2. The zero-order chi connectivity index (χ0) is 13.1. The third-order valence-electron chi connectivity index (χ3n) is 2.99. The number of nitrogens with zero attached hydrogens (tertiary/aromatic N) is 1. The van der Waals surface area contributed by atoms with Crippen LogP contribution in [-0.2, 0) is 0 Å². The van der Waals surface area contributed by atoms with Crippen molar-refractivity contribution in [3.8, 4) is 0 Å². The molecule has 0 aliphatic carbocycles. The Morgan fingerprint density at radius 3 is 2.78 bits per heavy atom. The van der Waals surface area contributed by atoms with Crippen LogP contribution in [0.3, 0.4) is 0 Å². The Hall–Kier alpha value is -1.91. The van der Waals surface area contributed by atoms with Gasteiger partial charge >= 0.3 is 0 Å². The predicted molar refractivity (Wildman–Crippen MR) is 70.3 cm³/mol. The van der Waals surface area contributed by atoms with Gasteiger partial charge in [0, 0.05) is 6.04 Å². The predicted octanol–water partition coefficient (Wildman–Crippen LogP) is 2.66. The smallest absolute Gasteiger partial charge is 0.260 e. The fourth-order valence-electron chi connectivity index (χ4n) is 1.87. The number of anilines is 1. The fraction of sp³-hybridized carbons (Fsp3) is 0.385. The Bertz CT molecular complexity index is 605. The molecule has 1 aromatic carbocycles. The number of hydrogen-bond donors (Lipinski definition) is 2. The lowest BCUT2D eigenvalue weighted by atomic mass is 10.2. The van der Waals surface area contributed by atoms with E-state index < -0.39 is 5.82 Å². The fourth-order valence-corrected chi connectivity index (χ4v) is 1.87. The Kier molecular flexibility index (Phi) is 3.60. The SMILES string of the molecule is CCC(CC)Nc1nc2ccc(F)cc2c(=O)[nH]1. The van der Waals surface area contributed by atoms with Crippen LogP contribution in [0.25, 0.3) is 10.9 Å². The molecule has 18 heavy (non-hydrogen) atoms. The normalized spacial score (nSPS) is 11.1. The molecule has 0 saturated heterocycles. The summed E-state index contributed by atoms with van der Waals surface area (Å²) in [5.74, 6) is 0.00307. The van der Waals surface area contributed by atoms with Crippen LogP contribution in [0.15, 0.2) is 23.0 Å². The van der Waals surface area contributed by atoms with Crippen LogP contribution in [0.4, 0.5) is 10.3 Å². The standard InChI is InChI=1S/C13H16FN3O/c1-3-9(4-2)15-13-16-11-6-5-8(14)7-10(11)12(18)17-13/h5-7,9H,3-4H2,1-2H3,(H2,15,16,17,18). The number of aromatic amines is 1. The molecule has 0 spiro atoms. The van der Waals surface area contributed by atoms with E-state index in [1.165, 1.54) is 18.2 Å². The molecule has 0 amide bonds. The van der Waals surface area contributed by atoms with Crippen LogP contribution < -0.4 is 10.9 Å². The summed E-state index contributed by atoms with van der Waals surface area (Å²) >= 11 is 0. The van der Waals surface area contributed by atoms with Gasteiger partial charge in [-0.25, -0.2) is 9.37 Å². The van der Waals surface area contributed by atoms with Crippen molar-refractivity contribution in [2.45, 2.75) is 32.7 Å². The molecule has 1 heterocycles. The molecule has 0 bridgehead atoms. The molecule has 0 radical (unpaired) electrons. The highest BCUT2D eigenvalue weighted by Gasteiger charge is 2.08. The van der Waals surface area contributed by atoms with E-state index >= 15 is 0 Å². The number of benzene rings is 1. The number of H-pyrrole nitrogens is 1. The minimum atomic E-state index is -0.435. The molecule has 0 aliphatic rings. The molecule has 5 heteroatoms. The molecule has 0 unspecified atom stereocenters. The van der Waals surface area contributed by atoms with Gasteiger partial charge in [-0.1, -0.05) is 13.8 Å². The molecular formula is C13H16FN3O. The van der Waals surface area contributed by atoms with E-state index in [0.29, 0.717) is 11.5 Å². The van der Waals surface area contributed by atoms with Crippen molar-refractivity contribution in [2.75, 3.05) is 5.32 Å². The maximum Gasteiger partial charge on any atom is 0.260 e. The maximum atomic E-state index is 13.0. The van der Waals surface area contributed by atoms with Crippen molar-refractivity contribution < 1.29 is 4.39 Å². The lowest BCUT2D eigenvalue weighted by molar-refractivity contribution is 0.629. The molecule has 0 fully saturated rings. The van der Waals surface area contributed by atoms with E-state index in [0.717, 1.165) is 12.8 Å². The molecule has 0 atom stereocenters. The van der Waals surface area contributed by atoms with Crippen LogP contribution in [0, 0.1) is 5.82 Å². The summed E-state index contributed by atoms with van der Waals surface area (Å²) < 4.78 is 13.0. The minimum Gasteiger partial charge on any atom is -0.353 e. The van der Waals surface area contributed by atoms with Gasteiger partial charge in [-0.2, -0.15) is 0 Å². The molecule has 0 aliphatic heterocycles. The third-order valence-corrected chi connectivity index (χ3v) is 2.99. The number of aromatic nitrogens is 2. The molecule has 96 valence electrons. The van der Waals surface area contributed by atoms with Crippen molar-refractivity contribution in [3.05, 3.63) is 34.4 Å². The topological polar surface area (TPSA) is 57.8 Å². The lowest BCUT2D eigenvalue weighted by Gasteiger charge is -2.15. The van der Waals surface area contributed by atoms with Gasteiger partial charge in [-0.15, -0.1) is 0 Å². The van der Waals surface area contributed by atoms with E-state index in [1.807, 2.05) is 0 Å². The van der Waals surface area contributed by atoms with Gasteiger partial charge in [0.2, 0.25) is 5.95 Å². The van der Waals surface area contributed by atoms with Crippen LogP contribution in [0.5, 0.6) is 0 Å². The summed E-state index contributed by atoms with van der Waals surface area (Å²) in [6, 6.07) is 4.28. The summed E-state index contributed by atoms with van der Waals surface area (Å²) in [5.41, 5.74) is 0.168. The summed E-state index contributed by atoms with van der Waals surface area (Å²) in [6.45, 7) is 4.13. The quantitative estimate of drug-likeness (QED) is 0.875. The highest BCUT2D eigenvalue weighted by atomic mass is 19.1.